The van der Waals surface area contributed by atoms with Gasteiger partial charge in [-0.25, -0.2) is 14.4 Å². The SMILES string of the molecule is CC(=O)OCc1c([N+](=O)[O-])cccc1[N+](=O)[O-].O=C=C1C([N+](=O)[O-])=CC=C/C1=[N+](\[O-])O.O=C=O.O=Cc1c(N=O)cccc1[N+](=O)[O-].O=Nc1cccc([N+](=O)[O-])c1C(=O)O.O=c1on(O)c2cccc([N+](=O)[O-])c12. The van der Waals surface area contributed by atoms with Crippen molar-refractivity contribution in [1.29, 1.82) is 0 Å². The van der Waals surface area contributed by atoms with Crippen LogP contribution in [-0.2, 0) is 30.5 Å². The lowest BCUT2D eigenvalue weighted by Crippen LogP contribution is -2.19. The number of nitro groups is 6. The minimum atomic E-state index is -1.55. The summed E-state index contributed by atoms with van der Waals surface area (Å²) >= 11 is 0. The summed E-state index contributed by atoms with van der Waals surface area (Å²) < 4.78 is 8.83. The van der Waals surface area contributed by atoms with Gasteiger partial charge in [0.1, 0.15) is 40.6 Å². The summed E-state index contributed by atoms with van der Waals surface area (Å²) in [5.74, 6) is -0.985. The van der Waals surface area contributed by atoms with Crippen molar-refractivity contribution in [1.82, 2.24) is 4.90 Å². The van der Waals surface area contributed by atoms with E-state index in [9.17, 15) is 99.7 Å². The average Bonchev–Trinajstić information content (AvgIpc) is 3.67. The van der Waals surface area contributed by atoms with Crippen LogP contribution in [0.2, 0.25) is 0 Å². The molecular formula is C38H24N10O27. The number of hydrogen-bond donors (Lipinski definition) is 3. The van der Waals surface area contributed by atoms with Gasteiger partial charge in [0, 0.05) is 54.3 Å². The first-order valence-electron chi connectivity index (χ1n) is 18.6. The number of carbonyl (C=O) groups is 3. The Balaban J connectivity index is 0.000000463. The van der Waals surface area contributed by atoms with E-state index in [-0.39, 0.29) is 50.7 Å². The molecular weight excluding hydrogens is 1030 g/mol. The number of benzene rings is 4. The lowest BCUT2D eigenvalue weighted by atomic mass is 10.0. The Labute approximate surface area is 408 Å². The number of fused-ring (bicyclic) bond motifs is 1. The molecule has 75 heavy (non-hydrogen) atoms. The zero-order valence-corrected chi connectivity index (χ0v) is 36.6. The highest BCUT2D eigenvalue weighted by atomic mass is 16.8. The van der Waals surface area contributed by atoms with Gasteiger partial charge in [0.25, 0.3) is 39.8 Å². The molecule has 0 saturated heterocycles. The Bertz CT molecular complexity index is 3320. The molecule has 1 heterocycles. The summed E-state index contributed by atoms with van der Waals surface area (Å²) in [6.07, 6.45) is 3.78. The van der Waals surface area contributed by atoms with Crippen LogP contribution in [-0.4, -0.2) is 90.9 Å². The molecule has 0 fully saturated rings. The zero-order chi connectivity index (χ0) is 57.3. The fourth-order valence-electron chi connectivity index (χ4n) is 5.27. The second-order valence-electron chi connectivity index (χ2n) is 12.5. The van der Waals surface area contributed by atoms with E-state index in [1.54, 1.807) is 0 Å². The van der Waals surface area contributed by atoms with E-state index in [0.717, 1.165) is 49.4 Å². The number of aromatic nitrogens is 1. The van der Waals surface area contributed by atoms with Crippen molar-refractivity contribution in [2.75, 3.05) is 0 Å². The summed E-state index contributed by atoms with van der Waals surface area (Å²) in [4.78, 5) is 148. The van der Waals surface area contributed by atoms with Crippen LogP contribution in [0.3, 0.4) is 0 Å². The monoisotopic (exact) mass is 1050 g/mol. The molecule has 37 nitrogen and oxygen atoms in total. The third kappa shape index (κ3) is 16.7. The Hall–Kier alpha value is -12.3. The normalized spacial score (nSPS) is 11.1. The van der Waals surface area contributed by atoms with E-state index in [1.165, 1.54) is 54.5 Å². The average molecular weight is 1050 g/mol. The summed E-state index contributed by atoms with van der Waals surface area (Å²) in [6.45, 7) is 0.614. The molecule has 1 aromatic heterocycles. The van der Waals surface area contributed by atoms with E-state index in [2.05, 4.69) is 19.6 Å². The summed E-state index contributed by atoms with van der Waals surface area (Å²) in [7, 11) is 0. The molecule has 0 bridgehead atoms. The number of nitrogens with zero attached hydrogens (tertiary/aromatic N) is 10. The van der Waals surface area contributed by atoms with Crippen molar-refractivity contribution in [2.45, 2.75) is 13.5 Å². The van der Waals surface area contributed by atoms with Gasteiger partial charge in [-0.2, -0.15) is 9.59 Å². The number of carboxylic acid groups (broad SMARTS) is 1. The predicted molar refractivity (Wildman–Crippen MR) is 238 cm³/mol. The van der Waals surface area contributed by atoms with Crippen LogP contribution in [0.1, 0.15) is 33.2 Å². The number of aldehydes is 1. The lowest BCUT2D eigenvalue weighted by Gasteiger charge is -2.04. The number of allylic oxidation sites excluding steroid dienone is 4. The van der Waals surface area contributed by atoms with Crippen LogP contribution in [0.4, 0.5) is 39.8 Å². The van der Waals surface area contributed by atoms with E-state index >= 15 is 0 Å². The van der Waals surface area contributed by atoms with Crippen LogP contribution in [0, 0.1) is 75.7 Å². The number of carboxylic acids is 1. The quantitative estimate of drug-likeness (QED) is 0.0170. The molecule has 0 aliphatic heterocycles. The molecule has 0 amide bonds. The van der Waals surface area contributed by atoms with Crippen LogP contribution in [0.15, 0.2) is 122 Å². The summed E-state index contributed by atoms with van der Waals surface area (Å²) in [5, 5.41) is 104. The van der Waals surface area contributed by atoms with Gasteiger partial charge in [0.15, 0.2) is 17.2 Å². The van der Waals surface area contributed by atoms with Gasteiger partial charge in [-0.15, -0.1) is 9.81 Å². The fraction of sp³-hybridized carbons (Fsp3) is 0.0526. The van der Waals surface area contributed by atoms with Crippen LogP contribution < -0.4 is 5.63 Å². The first-order chi connectivity index (χ1) is 35.3. The maximum atomic E-state index is 11.1. The van der Waals surface area contributed by atoms with Crippen LogP contribution in [0.25, 0.3) is 10.9 Å². The number of hydrogen-bond acceptors (Lipinski definition) is 28. The van der Waals surface area contributed by atoms with Gasteiger partial charge >= 0.3 is 23.7 Å². The number of esters is 1. The minimum Gasteiger partial charge on any atom is -0.477 e. The molecule has 5 aromatic rings. The van der Waals surface area contributed by atoms with E-state index in [0.29, 0.717) is 0 Å². The molecule has 4 aromatic carbocycles. The molecule has 0 atom stereocenters. The molecule has 6 rings (SSSR count). The first kappa shape index (κ1) is 60.8. The maximum Gasteiger partial charge on any atom is 0.376 e. The third-order valence-electron chi connectivity index (χ3n) is 8.26. The fourth-order valence-corrected chi connectivity index (χ4v) is 5.27. The molecule has 3 N–H and O–H groups in total. The number of nitroso groups, excluding NO2 is 2. The number of nitro benzene ring substituents is 5. The van der Waals surface area contributed by atoms with Crippen LogP contribution in [0.5, 0.6) is 0 Å². The van der Waals surface area contributed by atoms with E-state index in [1.807, 2.05) is 0 Å². The highest BCUT2D eigenvalue weighted by Gasteiger charge is 2.31. The van der Waals surface area contributed by atoms with Crippen molar-refractivity contribution in [2.24, 2.45) is 10.4 Å². The molecule has 0 radical (unpaired) electrons. The Kier molecular flexibility index (Phi) is 23.4. The molecule has 1 aliphatic carbocycles. The number of ether oxygens (including phenoxy) is 1. The zero-order valence-electron chi connectivity index (χ0n) is 36.6. The van der Waals surface area contributed by atoms with E-state index < -0.39 is 110 Å². The first-order valence-corrected chi connectivity index (χ1v) is 18.6. The Morgan fingerprint density at radius 3 is 1.60 bits per heavy atom. The van der Waals surface area contributed by atoms with Crippen molar-refractivity contribution in [3.63, 3.8) is 0 Å². The highest BCUT2D eigenvalue weighted by Crippen LogP contribution is 2.30. The number of aromatic carboxylic acids is 1. The van der Waals surface area contributed by atoms with Crippen LogP contribution >= 0.6 is 0 Å². The standard InChI is InChI=1S/C9H8N2O6.3C7H4N2O5.C7H4N2O4.CO2/c1-6(12)17-5-7-8(10(13)14)3-2-4-9(7)11(15)16;10-7-6-4(8(11)12)2-1-3-5(6)9(13)14-7;10-4-5-6(8(11)12)2-1-3-7(5)9(13)14;10-7(11)6-4(8-12)2-1-3-5(6)9(13)14;10-4-5-6(8-11)2-1-3-7(5)9(12)13;2-1-3/h2-4H,5H2,1H3;1-3,13H;1-3H,(H,11,12);1-3H,(H,10,11);1-4H;. The second-order valence-corrected chi connectivity index (χ2v) is 12.5. The highest BCUT2D eigenvalue weighted by molar-refractivity contribution is 6.14. The van der Waals surface area contributed by atoms with Crippen molar-refractivity contribution < 1.29 is 88.0 Å². The molecule has 1 aliphatic rings. The Morgan fingerprint density at radius 1 is 0.720 bits per heavy atom. The van der Waals surface area contributed by atoms with Crippen molar-refractivity contribution >= 4 is 86.7 Å². The number of non-ortho nitro benzene ring substituents is 1. The maximum absolute atomic E-state index is 11.1. The van der Waals surface area contributed by atoms with Gasteiger partial charge in [0.05, 0.1) is 29.5 Å². The third-order valence-corrected chi connectivity index (χ3v) is 8.26. The second kappa shape index (κ2) is 28.9. The Morgan fingerprint density at radius 2 is 1.17 bits per heavy atom. The van der Waals surface area contributed by atoms with Crippen molar-refractivity contribution in [3.05, 3.63) is 205 Å². The topological polar surface area (TPSA) is 551 Å². The van der Waals surface area contributed by atoms with E-state index in [4.69, 9.17) is 25.1 Å². The smallest absolute Gasteiger partial charge is 0.376 e. The molecule has 0 saturated carbocycles. The largest absolute Gasteiger partial charge is 0.477 e. The summed E-state index contributed by atoms with van der Waals surface area (Å²) in [5.41, 5.74) is -6.81. The predicted octanol–water partition coefficient (Wildman–Crippen LogP) is 5.03. The van der Waals surface area contributed by atoms with Gasteiger partial charge in [0.2, 0.25) is 5.57 Å². The molecule has 388 valence electrons. The van der Waals surface area contributed by atoms with Gasteiger partial charge in [-0.05, 0) is 45.6 Å². The molecule has 37 heteroatoms. The number of carbonyl (C=O) groups excluding carboxylic acids is 5. The van der Waals surface area contributed by atoms with Crippen molar-refractivity contribution in [3.8, 4) is 0 Å². The van der Waals surface area contributed by atoms with Gasteiger partial charge < -0.3 is 24.8 Å². The lowest BCUT2D eigenvalue weighted by molar-refractivity contribution is -0.725. The van der Waals surface area contributed by atoms with Gasteiger partial charge in [-0.3, -0.25) is 75.5 Å². The molecule has 0 spiro atoms. The number of rotatable bonds is 12. The van der Waals surface area contributed by atoms with Gasteiger partial charge in [-0.1, -0.05) is 18.2 Å². The summed E-state index contributed by atoms with van der Waals surface area (Å²) in [6, 6.07) is 14.3. The minimum absolute atomic E-state index is 0.0239. The molecule has 0 unspecified atom stereocenters.